The van der Waals surface area contributed by atoms with E-state index in [1.165, 1.54) is 23.1 Å². The van der Waals surface area contributed by atoms with Gasteiger partial charge in [-0.1, -0.05) is 56.1 Å². The van der Waals surface area contributed by atoms with Gasteiger partial charge in [0.25, 0.3) is 5.69 Å². The standard InChI is InChI=1S/C24H30Cl2N4O6S/c1-5-22(24(32)27-13-16(2)3)28(14-17-9-10-20(25)21(26)11-17)23(31)15-29(37(4,35)36)18-7-6-8-19(12-18)30(33)34/h6-12,16,22H,5,13-15H2,1-4H3,(H,27,32)/t22-/m1/s1. The second-order valence-electron chi connectivity index (χ2n) is 8.88. The molecule has 0 aromatic heterocycles. The van der Waals surface area contributed by atoms with Gasteiger partial charge in [-0.25, -0.2) is 8.42 Å². The molecule has 0 aliphatic carbocycles. The maximum atomic E-state index is 13.6. The van der Waals surface area contributed by atoms with Crippen LogP contribution in [0.25, 0.3) is 0 Å². The van der Waals surface area contributed by atoms with Crippen molar-refractivity contribution in [1.29, 1.82) is 0 Å². The van der Waals surface area contributed by atoms with Crippen LogP contribution in [0, 0.1) is 16.0 Å². The van der Waals surface area contributed by atoms with Gasteiger partial charge < -0.3 is 10.2 Å². The number of carbonyl (C=O) groups is 2. The highest BCUT2D eigenvalue weighted by molar-refractivity contribution is 7.92. The van der Waals surface area contributed by atoms with Crippen molar-refractivity contribution in [2.24, 2.45) is 5.92 Å². The summed E-state index contributed by atoms with van der Waals surface area (Å²) in [6, 6.07) is 8.86. The molecule has 2 rings (SSSR count). The van der Waals surface area contributed by atoms with E-state index in [1.807, 2.05) is 13.8 Å². The Kier molecular flexibility index (Phi) is 10.7. The number of sulfonamides is 1. The molecule has 0 unspecified atom stereocenters. The van der Waals surface area contributed by atoms with Crippen LogP contribution < -0.4 is 9.62 Å². The maximum Gasteiger partial charge on any atom is 0.271 e. The summed E-state index contributed by atoms with van der Waals surface area (Å²) in [6.07, 6.45) is 1.15. The van der Waals surface area contributed by atoms with E-state index >= 15 is 0 Å². The van der Waals surface area contributed by atoms with E-state index in [1.54, 1.807) is 25.1 Å². The Bertz CT molecular complexity index is 1260. The fourth-order valence-electron chi connectivity index (χ4n) is 3.55. The highest BCUT2D eigenvalue weighted by Crippen LogP contribution is 2.26. The smallest absolute Gasteiger partial charge is 0.271 e. The van der Waals surface area contributed by atoms with E-state index in [2.05, 4.69) is 5.32 Å². The molecule has 10 nitrogen and oxygen atoms in total. The molecule has 1 N–H and O–H groups in total. The van der Waals surface area contributed by atoms with Crippen molar-refractivity contribution in [3.05, 3.63) is 68.2 Å². The summed E-state index contributed by atoms with van der Waals surface area (Å²) in [5.41, 5.74) is 0.210. The third-order valence-corrected chi connectivity index (χ3v) is 7.29. The van der Waals surface area contributed by atoms with Gasteiger partial charge in [-0.05, 0) is 36.1 Å². The zero-order valence-corrected chi connectivity index (χ0v) is 23.3. The molecule has 202 valence electrons. The Labute approximate surface area is 226 Å². The minimum absolute atomic E-state index is 0.0446. The first kappa shape index (κ1) is 30.3. The molecule has 1 atom stereocenters. The zero-order chi connectivity index (χ0) is 27.9. The molecule has 0 saturated carbocycles. The molecule has 2 aromatic carbocycles. The molecular weight excluding hydrogens is 543 g/mol. The van der Waals surface area contributed by atoms with Crippen molar-refractivity contribution in [3.63, 3.8) is 0 Å². The van der Waals surface area contributed by atoms with Gasteiger partial charge in [-0.2, -0.15) is 0 Å². The lowest BCUT2D eigenvalue weighted by molar-refractivity contribution is -0.384. The Morgan fingerprint density at radius 2 is 1.78 bits per heavy atom. The fourth-order valence-corrected chi connectivity index (χ4v) is 4.71. The quantitative estimate of drug-likeness (QED) is 0.299. The van der Waals surface area contributed by atoms with Crippen LogP contribution in [0.5, 0.6) is 0 Å². The largest absolute Gasteiger partial charge is 0.354 e. The van der Waals surface area contributed by atoms with Crippen molar-refractivity contribution in [2.45, 2.75) is 39.8 Å². The molecule has 2 amide bonds. The molecule has 0 heterocycles. The molecular formula is C24H30Cl2N4O6S. The molecule has 0 aliphatic heterocycles. The molecule has 0 radical (unpaired) electrons. The molecule has 0 saturated heterocycles. The number of hydrogen-bond donors (Lipinski definition) is 1. The SMILES string of the molecule is CC[C@H](C(=O)NCC(C)C)N(Cc1ccc(Cl)c(Cl)c1)C(=O)CN(c1cccc([N+](=O)[O-])c1)S(C)(=O)=O. The van der Waals surface area contributed by atoms with Crippen LogP contribution in [0.1, 0.15) is 32.8 Å². The first-order valence-electron chi connectivity index (χ1n) is 11.5. The normalized spacial score (nSPS) is 12.2. The summed E-state index contributed by atoms with van der Waals surface area (Å²) in [5, 5.41) is 14.6. The predicted octanol–water partition coefficient (Wildman–Crippen LogP) is 4.25. The predicted molar refractivity (Wildman–Crippen MR) is 144 cm³/mol. The Morgan fingerprint density at radius 3 is 2.32 bits per heavy atom. The summed E-state index contributed by atoms with van der Waals surface area (Å²) in [6.45, 7) is 5.29. The van der Waals surface area contributed by atoms with E-state index in [-0.39, 0.29) is 41.2 Å². The summed E-state index contributed by atoms with van der Waals surface area (Å²) >= 11 is 12.2. The van der Waals surface area contributed by atoms with E-state index in [4.69, 9.17) is 23.2 Å². The van der Waals surface area contributed by atoms with Crippen molar-refractivity contribution >= 4 is 56.4 Å². The Balaban J connectivity index is 2.48. The molecule has 37 heavy (non-hydrogen) atoms. The van der Waals surface area contributed by atoms with Gasteiger partial charge in [-0.15, -0.1) is 0 Å². The molecule has 0 aliphatic rings. The molecule has 2 aromatic rings. The number of halogens is 2. The third-order valence-electron chi connectivity index (χ3n) is 5.42. The van der Waals surface area contributed by atoms with Gasteiger partial charge in [0.05, 0.1) is 26.9 Å². The number of nitro groups is 1. The van der Waals surface area contributed by atoms with Crippen LogP contribution >= 0.6 is 23.2 Å². The van der Waals surface area contributed by atoms with Crippen LogP contribution in [0.3, 0.4) is 0 Å². The van der Waals surface area contributed by atoms with Crippen LogP contribution in [0.2, 0.25) is 10.0 Å². The number of benzene rings is 2. The van der Waals surface area contributed by atoms with Crippen molar-refractivity contribution < 1.29 is 22.9 Å². The fraction of sp³-hybridized carbons (Fsp3) is 0.417. The lowest BCUT2D eigenvalue weighted by Gasteiger charge is -2.33. The highest BCUT2D eigenvalue weighted by Gasteiger charge is 2.32. The van der Waals surface area contributed by atoms with Crippen LogP contribution in [-0.4, -0.2) is 55.4 Å². The van der Waals surface area contributed by atoms with E-state index in [0.29, 0.717) is 17.1 Å². The minimum Gasteiger partial charge on any atom is -0.354 e. The first-order valence-corrected chi connectivity index (χ1v) is 14.1. The van der Waals surface area contributed by atoms with Gasteiger partial charge in [0.1, 0.15) is 12.6 Å². The summed E-state index contributed by atoms with van der Waals surface area (Å²) in [4.78, 5) is 38.5. The Hall–Kier alpha value is -2.89. The van der Waals surface area contributed by atoms with Gasteiger partial charge in [0, 0.05) is 25.2 Å². The van der Waals surface area contributed by atoms with E-state index < -0.39 is 33.4 Å². The summed E-state index contributed by atoms with van der Waals surface area (Å²) < 4.78 is 26.1. The lowest BCUT2D eigenvalue weighted by Crippen LogP contribution is -2.52. The highest BCUT2D eigenvalue weighted by atomic mass is 35.5. The Morgan fingerprint density at radius 1 is 1.11 bits per heavy atom. The number of anilines is 1. The van der Waals surface area contributed by atoms with Crippen LogP contribution in [-0.2, 0) is 26.2 Å². The topological polar surface area (TPSA) is 130 Å². The van der Waals surface area contributed by atoms with Gasteiger partial charge in [-0.3, -0.25) is 24.0 Å². The van der Waals surface area contributed by atoms with Gasteiger partial charge in [0.2, 0.25) is 21.8 Å². The van der Waals surface area contributed by atoms with Crippen LogP contribution in [0.15, 0.2) is 42.5 Å². The molecule has 0 fully saturated rings. The number of non-ortho nitro benzene ring substituents is 1. The maximum absolute atomic E-state index is 13.6. The first-order chi connectivity index (χ1) is 17.2. The van der Waals surface area contributed by atoms with E-state index in [9.17, 15) is 28.1 Å². The molecule has 13 heteroatoms. The molecule has 0 spiro atoms. The second-order valence-corrected chi connectivity index (χ2v) is 11.6. The second kappa shape index (κ2) is 13.1. The number of nitrogens with zero attached hydrogens (tertiary/aromatic N) is 3. The van der Waals surface area contributed by atoms with Gasteiger partial charge >= 0.3 is 0 Å². The average molecular weight is 573 g/mol. The monoisotopic (exact) mass is 572 g/mol. The van der Waals surface area contributed by atoms with E-state index in [0.717, 1.165) is 16.6 Å². The van der Waals surface area contributed by atoms with Crippen LogP contribution in [0.4, 0.5) is 11.4 Å². The summed E-state index contributed by atoms with van der Waals surface area (Å²) in [7, 11) is -4.02. The lowest BCUT2D eigenvalue weighted by atomic mass is 10.1. The average Bonchev–Trinajstić information content (AvgIpc) is 2.82. The number of carbonyl (C=O) groups excluding carboxylic acids is 2. The third kappa shape index (κ3) is 8.58. The summed E-state index contributed by atoms with van der Waals surface area (Å²) in [5.74, 6) is -0.879. The number of amides is 2. The number of nitrogens with one attached hydrogen (secondary N) is 1. The number of hydrogen-bond acceptors (Lipinski definition) is 6. The molecule has 0 bridgehead atoms. The minimum atomic E-state index is -4.02. The van der Waals surface area contributed by atoms with Crippen molar-refractivity contribution in [2.75, 3.05) is 23.7 Å². The zero-order valence-electron chi connectivity index (χ0n) is 21.0. The number of rotatable bonds is 12. The van der Waals surface area contributed by atoms with Crippen molar-refractivity contribution in [1.82, 2.24) is 10.2 Å². The number of nitro benzene ring substituents is 1. The van der Waals surface area contributed by atoms with Gasteiger partial charge in [0.15, 0.2) is 0 Å². The van der Waals surface area contributed by atoms with Crippen molar-refractivity contribution in [3.8, 4) is 0 Å².